The van der Waals surface area contributed by atoms with E-state index >= 15 is 0 Å². The summed E-state index contributed by atoms with van der Waals surface area (Å²) in [6.45, 7) is 7.56. The third-order valence-electron chi connectivity index (χ3n) is 4.17. The summed E-state index contributed by atoms with van der Waals surface area (Å²) >= 11 is 0. The van der Waals surface area contributed by atoms with Gasteiger partial charge in [-0.1, -0.05) is 6.92 Å². The molecule has 6 heteroatoms. The first kappa shape index (κ1) is 15.7. The molecule has 0 spiro atoms. The quantitative estimate of drug-likeness (QED) is 0.831. The zero-order chi connectivity index (χ0) is 15.3. The lowest BCUT2D eigenvalue weighted by Crippen LogP contribution is -2.50. The maximum Gasteiger partial charge on any atom is 0.250 e. The molecule has 1 aliphatic rings. The molecule has 0 radical (unpaired) electrons. The molecule has 1 atom stereocenters. The number of carbonyl (C=O) groups excluding carboxylic acids is 1. The molecule has 6 nitrogen and oxygen atoms in total. The van der Waals surface area contributed by atoms with E-state index in [-0.39, 0.29) is 16.9 Å². The van der Waals surface area contributed by atoms with Crippen molar-refractivity contribution < 1.29 is 4.79 Å². The van der Waals surface area contributed by atoms with Gasteiger partial charge < -0.3 is 15.2 Å². The Bertz CT molecular complexity index is 542. The van der Waals surface area contributed by atoms with Crippen molar-refractivity contribution in [3.8, 4) is 0 Å². The summed E-state index contributed by atoms with van der Waals surface area (Å²) in [6.07, 6.45) is 3.95. The Morgan fingerprint density at radius 3 is 3.10 bits per heavy atom. The van der Waals surface area contributed by atoms with Crippen LogP contribution in [0.5, 0.6) is 0 Å². The fourth-order valence-electron chi connectivity index (χ4n) is 2.86. The number of H-pyrrole nitrogens is 1. The van der Waals surface area contributed by atoms with Crippen LogP contribution < -0.4 is 10.9 Å². The van der Waals surface area contributed by atoms with Crippen LogP contribution in [0.3, 0.4) is 0 Å². The van der Waals surface area contributed by atoms with Crippen LogP contribution in [0, 0.1) is 5.41 Å². The van der Waals surface area contributed by atoms with Crippen molar-refractivity contribution >= 4 is 5.91 Å². The number of hydrogen-bond donors (Lipinski definition) is 2. The average molecular weight is 292 g/mol. The first-order valence-electron chi connectivity index (χ1n) is 7.58. The van der Waals surface area contributed by atoms with Crippen LogP contribution in [-0.4, -0.2) is 47.0 Å². The number of amides is 1. The van der Waals surface area contributed by atoms with Crippen LogP contribution in [-0.2, 0) is 11.2 Å². The van der Waals surface area contributed by atoms with Crippen molar-refractivity contribution in [3.05, 3.63) is 28.4 Å². The standard InChI is InChI=1S/C15H24N4O2/c1-3-19-8-4-6-15(2,10-19)14(21)16-7-5-12-9-13(20)18-11-17-12/h9,11H,3-8,10H2,1-2H3,(H,16,21)(H,17,18,20)/t15-/m1/s1. The minimum Gasteiger partial charge on any atom is -0.355 e. The molecule has 1 aliphatic heterocycles. The van der Waals surface area contributed by atoms with Gasteiger partial charge in [0.25, 0.3) is 5.56 Å². The molecule has 0 aliphatic carbocycles. The summed E-state index contributed by atoms with van der Waals surface area (Å²) < 4.78 is 0. The number of rotatable bonds is 5. The van der Waals surface area contributed by atoms with E-state index in [4.69, 9.17) is 0 Å². The molecule has 21 heavy (non-hydrogen) atoms. The molecule has 2 rings (SSSR count). The van der Waals surface area contributed by atoms with Crippen LogP contribution in [0.25, 0.3) is 0 Å². The molecule has 2 N–H and O–H groups in total. The van der Waals surface area contributed by atoms with Crippen molar-refractivity contribution in [2.45, 2.75) is 33.1 Å². The van der Waals surface area contributed by atoms with Crippen LogP contribution in [0.15, 0.2) is 17.2 Å². The summed E-state index contributed by atoms with van der Waals surface area (Å²) in [4.78, 5) is 32.5. The van der Waals surface area contributed by atoms with Gasteiger partial charge in [0, 0.05) is 31.3 Å². The molecule has 0 aromatic carbocycles. The Balaban J connectivity index is 1.85. The van der Waals surface area contributed by atoms with Gasteiger partial charge in [-0.2, -0.15) is 0 Å². The molecule has 1 aromatic rings. The van der Waals surface area contributed by atoms with Gasteiger partial charge in [-0.05, 0) is 32.9 Å². The summed E-state index contributed by atoms with van der Waals surface area (Å²) in [6, 6.07) is 1.47. The topological polar surface area (TPSA) is 78.1 Å². The van der Waals surface area contributed by atoms with Gasteiger partial charge in [0.05, 0.1) is 11.7 Å². The highest BCUT2D eigenvalue weighted by Gasteiger charge is 2.36. The van der Waals surface area contributed by atoms with Crippen molar-refractivity contribution in [1.29, 1.82) is 0 Å². The van der Waals surface area contributed by atoms with E-state index in [1.165, 1.54) is 12.4 Å². The number of nitrogens with zero attached hydrogens (tertiary/aromatic N) is 2. The van der Waals surface area contributed by atoms with E-state index in [0.717, 1.165) is 32.5 Å². The molecule has 0 saturated carbocycles. The SMILES string of the molecule is CCN1CCC[C@@](C)(C(=O)NCCc2cc(=O)[nH]cn2)C1. The minimum absolute atomic E-state index is 0.102. The number of likely N-dealkylation sites (tertiary alicyclic amines) is 1. The molecule has 2 heterocycles. The average Bonchev–Trinajstić information content (AvgIpc) is 2.47. The monoisotopic (exact) mass is 292 g/mol. The van der Waals surface area contributed by atoms with Gasteiger partial charge in [-0.15, -0.1) is 0 Å². The second-order valence-electron chi connectivity index (χ2n) is 5.94. The lowest BCUT2D eigenvalue weighted by Gasteiger charge is -2.38. The first-order chi connectivity index (χ1) is 10.0. The highest BCUT2D eigenvalue weighted by atomic mass is 16.2. The second kappa shape index (κ2) is 6.85. The fraction of sp³-hybridized carbons (Fsp3) is 0.667. The lowest BCUT2D eigenvalue weighted by atomic mass is 9.81. The molecule has 1 amide bonds. The summed E-state index contributed by atoms with van der Waals surface area (Å²) in [5.41, 5.74) is 0.225. The number of aromatic amines is 1. The molecule has 1 saturated heterocycles. The van der Waals surface area contributed by atoms with Gasteiger partial charge in [0.15, 0.2) is 0 Å². The summed E-state index contributed by atoms with van der Waals surface area (Å²) in [5.74, 6) is 0.102. The van der Waals surface area contributed by atoms with Crippen LogP contribution in [0.4, 0.5) is 0 Å². The van der Waals surface area contributed by atoms with Gasteiger partial charge >= 0.3 is 0 Å². The zero-order valence-corrected chi connectivity index (χ0v) is 12.8. The molecule has 0 unspecified atom stereocenters. The molecular weight excluding hydrogens is 268 g/mol. The Hall–Kier alpha value is -1.69. The van der Waals surface area contributed by atoms with Gasteiger partial charge in [-0.3, -0.25) is 9.59 Å². The predicted octanol–water partition coefficient (Wildman–Crippen LogP) is 0.551. The number of carbonyl (C=O) groups is 1. The van der Waals surface area contributed by atoms with E-state index in [2.05, 4.69) is 27.1 Å². The van der Waals surface area contributed by atoms with E-state index < -0.39 is 0 Å². The van der Waals surface area contributed by atoms with Gasteiger partial charge in [0.2, 0.25) is 5.91 Å². The van der Waals surface area contributed by atoms with Crippen molar-refractivity contribution in [1.82, 2.24) is 20.2 Å². The van der Waals surface area contributed by atoms with E-state index in [1.54, 1.807) is 0 Å². The molecule has 1 aromatic heterocycles. The molecule has 116 valence electrons. The highest BCUT2D eigenvalue weighted by Crippen LogP contribution is 2.29. The van der Waals surface area contributed by atoms with Crippen LogP contribution in [0.1, 0.15) is 32.4 Å². The lowest BCUT2D eigenvalue weighted by molar-refractivity contribution is -0.133. The maximum atomic E-state index is 12.4. The number of hydrogen-bond acceptors (Lipinski definition) is 4. The minimum atomic E-state index is -0.310. The zero-order valence-electron chi connectivity index (χ0n) is 12.8. The van der Waals surface area contributed by atoms with Crippen LogP contribution >= 0.6 is 0 Å². The fourth-order valence-corrected chi connectivity index (χ4v) is 2.86. The third-order valence-corrected chi connectivity index (χ3v) is 4.17. The summed E-state index contributed by atoms with van der Waals surface area (Å²) in [5, 5.41) is 2.99. The Morgan fingerprint density at radius 1 is 1.57 bits per heavy atom. The molecule has 1 fully saturated rings. The predicted molar refractivity (Wildman–Crippen MR) is 81.0 cm³/mol. The molecular formula is C15H24N4O2. The maximum absolute atomic E-state index is 12.4. The first-order valence-corrected chi connectivity index (χ1v) is 7.58. The van der Waals surface area contributed by atoms with Crippen molar-refractivity contribution in [2.75, 3.05) is 26.2 Å². The molecule has 0 bridgehead atoms. The Kier molecular flexibility index (Phi) is 5.12. The Labute approximate surface area is 125 Å². The second-order valence-corrected chi connectivity index (χ2v) is 5.94. The van der Waals surface area contributed by atoms with Crippen molar-refractivity contribution in [3.63, 3.8) is 0 Å². The normalized spacial score (nSPS) is 23.0. The van der Waals surface area contributed by atoms with Crippen molar-refractivity contribution in [2.24, 2.45) is 5.41 Å². The van der Waals surface area contributed by atoms with E-state index in [9.17, 15) is 9.59 Å². The van der Waals surface area contributed by atoms with Crippen LogP contribution in [0.2, 0.25) is 0 Å². The largest absolute Gasteiger partial charge is 0.355 e. The number of aromatic nitrogens is 2. The van der Waals surface area contributed by atoms with E-state index in [1.807, 2.05) is 6.92 Å². The van der Waals surface area contributed by atoms with E-state index in [0.29, 0.717) is 18.7 Å². The number of piperidine rings is 1. The summed E-state index contributed by atoms with van der Waals surface area (Å²) in [7, 11) is 0. The smallest absolute Gasteiger partial charge is 0.250 e. The third kappa shape index (κ3) is 4.14. The van der Waals surface area contributed by atoms with Gasteiger partial charge in [-0.25, -0.2) is 4.98 Å². The number of nitrogens with one attached hydrogen (secondary N) is 2. The highest BCUT2D eigenvalue weighted by molar-refractivity contribution is 5.82. The van der Waals surface area contributed by atoms with Gasteiger partial charge in [0.1, 0.15) is 0 Å². The Morgan fingerprint density at radius 2 is 2.38 bits per heavy atom.